The summed E-state index contributed by atoms with van der Waals surface area (Å²) in [6, 6.07) is 9.81. The predicted octanol–water partition coefficient (Wildman–Crippen LogP) is 3.03. The highest BCUT2D eigenvalue weighted by Crippen LogP contribution is 2.21. The number of nitrogens with zero attached hydrogens (tertiary/aromatic N) is 2. The van der Waals surface area contributed by atoms with Gasteiger partial charge in [-0.25, -0.2) is 0 Å². The molecule has 2 aromatic rings. The van der Waals surface area contributed by atoms with E-state index < -0.39 is 0 Å². The average Bonchev–Trinajstić information content (AvgIpc) is 2.79. The van der Waals surface area contributed by atoms with Crippen LogP contribution in [0.3, 0.4) is 0 Å². The Morgan fingerprint density at radius 1 is 1.21 bits per heavy atom. The van der Waals surface area contributed by atoms with Crippen molar-refractivity contribution >= 4 is 12.4 Å². The first-order chi connectivity index (χ1) is 8.47. The van der Waals surface area contributed by atoms with Crippen molar-refractivity contribution < 1.29 is 4.52 Å². The Morgan fingerprint density at radius 2 is 1.84 bits per heavy atom. The van der Waals surface area contributed by atoms with Gasteiger partial charge in [0, 0.05) is 5.41 Å². The van der Waals surface area contributed by atoms with Crippen LogP contribution in [0.1, 0.15) is 44.1 Å². The molecule has 1 aromatic carbocycles. The zero-order chi connectivity index (χ0) is 13.2. The average molecular weight is 282 g/mol. The molecule has 4 nitrogen and oxygen atoms in total. The van der Waals surface area contributed by atoms with Crippen molar-refractivity contribution in [2.75, 3.05) is 0 Å². The molecule has 0 amide bonds. The Morgan fingerprint density at radius 3 is 2.37 bits per heavy atom. The van der Waals surface area contributed by atoms with Crippen LogP contribution in [0.25, 0.3) is 0 Å². The van der Waals surface area contributed by atoms with E-state index in [-0.39, 0.29) is 23.9 Å². The molecule has 1 aromatic heterocycles. The van der Waals surface area contributed by atoms with Crippen molar-refractivity contribution in [1.29, 1.82) is 0 Å². The fourth-order valence-corrected chi connectivity index (χ4v) is 1.65. The molecule has 0 fully saturated rings. The summed E-state index contributed by atoms with van der Waals surface area (Å²) in [5.41, 5.74) is 7.14. The highest BCUT2D eigenvalue weighted by molar-refractivity contribution is 5.85. The highest BCUT2D eigenvalue weighted by atomic mass is 35.5. The highest BCUT2D eigenvalue weighted by Gasteiger charge is 2.23. The number of hydrogen-bond acceptors (Lipinski definition) is 4. The third-order valence-electron chi connectivity index (χ3n) is 2.73. The lowest BCUT2D eigenvalue weighted by Gasteiger charge is -2.11. The number of aromatic nitrogens is 2. The van der Waals surface area contributed by atoms with Crippen molar-refractivity contribution in [3.8, 4) is 0 Å². The van der Waals surface area contributed by atoms with Gasteiger partial charge in [-0.3, -0.25) is 0 Å². The van der Waals surface area contributed by atoms with Gasteiger partial charge in [0.05, 0.1) is 6.04 Å². The third kappa shape index (κ3) is 4.04. The number of benzene rings is 1. The number of halogens is 1. The maximum absolute atomic E-state index is 6.09. The van der Waals surface area contributed by atoms with Crippen molar-refractivity contribution in [1.82, 2.24) is 10.1 Å². The first-order valence-corrected chi connectivity index (χ1v) is 6.10. The molecule has 104 valence electrons. The van der Waals surface area contributed by atoms with Gasteiger partial charge in [0.1, 0.15) is 0 Å². The molecule has 0 aliphatic heterocycles. The lowest BCUT2D eigenvalue weighted by Crippen LogP contribution is -2.16. The second-order valence-corrected chi connectivity index (χ2v) is 5.50. The van der Waals surface area contributed by atoms with Gasteiger partial charge >= 0.3 is 0 Å². The molecule has 1 atom stereocenters. The summed E-state index contributed by atoms with van der Waals surface area (Å²) in [6.07, 6.45) is 0.701. The van der Waals surface area contributed by atoms with E-state index in [1.165, 1.54) is 5.56 Å². The zero-order valence-electron chi connectivity index (χ0n) is 11.5. The van der Waals surface area contributed by atoms with Crippen molar-refractivity contribution in [3.63, 3.8) is 0 Å². The van der Waals surface area contributed by atoms with Gasteiger partial charge in [-0.15, -0.1) is 12.4 Å². The minimum Gasteiger partial charge on any atom is -0.338 e. The summed E-state index contributed by atoms with van der Waals surface area (Å²) in [6.45, 7) is 6.14. The van der Waals surface area contributed by atoms with Crippen LogP contribution in [-0.2, 0) is 11.8 Å². The van der Waals surface area contributed by atoms with Crippen LogP contribution in [-0.4, -0.2) is 10.1 Å². The molecule has 2 rings (SSSR count). The lowest BCUT2D eigenvalue weighted by molar-refractivity contribution is 0.343. The standard InChI is InChI=1S/C14H19N3O.ClH/c1-14(2,3)13-16-12(18-17-13)11(15)9-10-7-5-4-6-8-10;/h4-8,11H,9,15H2,1-3H3;1H. The van der Waals surface area contributed by atoms with E-state index in [2.05, 4.69) is 10.1 Å². The predicted molar refractivity (Wildman–Crippen MR) is 77.3 cm³/mol. The summed E-state index contributed by atoms with van der Waals surface area (Å²) in [4.78, 5) is 4.37. The topological polar surface area (TPSA) is 64.9 Å². The van der Waals surface area contributed by atoms with E-state index in [1.54, 1.807) is 0 Å². The van der Waals surface area contributed by atoms with Crippen molar-refractivity contribution in [3.05, 3.63) is 47.6 Å². The monoisotopic (exact) mass is 281 g/mol. The third-order valence-corrected chi connectivity index (χ3v) is 2.73. The van der Waals surface area contributed by atoms with Gasteiger partial charge in [0.2, 0.25) is 5.89 Å². The van der Waals surface area contributed by atoms with Crippen molar-refractivity contribution in [2.45, 2.75) is 38.6 Å². The summed E-state index contributed by atoms with van der Waals surface area (Å²) < 4.78 is 5.24. The van der Waals surface area contributed by atoms with Gasteiger partial charge in [-0.2, -0.15) is 4.98 Å². The van der Waals surface area contributed by atoms with Gasteiger partial charge in [-0.05, 0) is 12.0 Å². The Bertz CT molecular complexity index is 505. The van der Waals surface area contributed by atoms with Crippen LogP contribution < -0.4 is 5.73 Å². The Hall–Kier alpha value is -1.39. The molecular formula is C14H20ClN3O. The van der Waals surface area contributed by atoms with E-state index in [0.29, 0.717) is 18.1 Å². The normalized spacial score (nSPS) is 12.8. The van der Waals surface area contributed by atoms with Crippen LogP contribution in [0.2, 0.25) is 0 Å². The number of hydrogen-bond donors (Lipinski definition) is 1. The molecule has 2 N–H and O–H groups in total. The summed E-state index contributed by atoms with van der Waals surface area (Å²) >= 11 is 0. The van der Waals surface area contributed by atoms with Crippen LogP contribution in [0.15, 0.2) is 34.9 Å². The van der Waals surface area contributed by atoms with E-state index in [1.807, 2.05) is 51.1 Å². The molecule has 0 saturated carbocycles. The SMILES string of the molecule is CC(C)(C)c1noc(C(N)Cc2ccccc2)n1.Cl. The molecule has 1 heterocycles. The molecule has 0 bridgehead atoms. The Balaban J connectivity index is 0.00000180. The second-order valence-electron chi connectivity index (χ2n) is 5.50. The minimum atomic E-state index is -0.254. The summed E-state index contributed by atoms with van der Waals surface area (Å²) in [5.74, 6) is 1.20. The maximum atomic E-state index is 6.09. The molecular weight excluding hydrogens is 262 g/mol. The minimum absolute atomic E-state index is 0. The summed E-state index contributed by atoms with van der Waals surface area (Å²) in [7, 11) is 0. The Kier molecular flexibility index (Phi) is 5.09. The van der Waals surface area contributed by atoms with Crippen LogP contribution >= 0.6 is 12.4 Å². The quantitative estimate of drug-likeness (QED) is 0.939. The van der Waals surface area contributed by atoms with Gasteiger partial charge in [0.15, 0.2) is 5.82 Å². The fraction of sp³-hybridized carbons (Fsp3) is 0.429. The first kappa shape index (κ1) is 15.7. The molecule has 5 heteroatoms. The Labute approximate surface area is 119 Å². The van der Waals surface area contributed by atoms with Gasteiger partial charge in [0.25, 0.3) is 0 Å². The maximum Gasteiger partial charge on any atom is 0.243 e. The largest absolute Gasteiger partial charge is 0.338 e. The second kappa shape index (κ2) is 6.17. The fourth-order valence-electron chi connectivity index (χ4n) is 1.65. The first-order valence-electron chi connectivity index (χ1n) is 6.10. The van der Waals surface area contributed by atoms with Crippen LogP contribution in [0.4, 0.5) is 0 Å². The summed E-state index contributed by atoms with van der Waals surface area (Å²) in [5, 5.41) is 3.98. The van der Waals surface area contributed by atoms with E-state index in [9.17, 15) is 0 Å². The van der Waals surface area contributed by atoms with Crippen LogP contribution in [0, 0.1) is 0 Å². The van der Waals surface area contributed by atoms with Gasteiger partial charge < -0.3 is 10.3 Å². The molecule has 0 radical (unpaired) electrons. The van der Waals surface area contributed by atoms with Gasteiger partial charge in [-0.1, -0.05) is 56.3 Å². The molecule has 0 spiro atoms. The van der Waals surface area contributed by atoms with E-state index >= 15 is 0 Å². The van der Waals surface area contributed by atoms with E-state index in [0.717, 1.165) is 0 Å². The zero-order valence-corrected chi connectivity index (χ0v) is 12.3. The smallest absolute Gasteiger partial charge is 0.243 e. The van der Waals surface area contributed by atoms with Crippen LogP contribution in [0.5, 0.6) is 0 Å². The lowest BCUT2D eigenvalue weighted by atomic mass is 9.96. The van der Waals surface area contributed by atoms with E-state index in [4.69, 9.17) is 10.3 Å². The van der Waals surface area contributed by atoms with Crippen molar-refractivity contribution in [2.24, 2.45) is 5.73 Å². The molecule has 0 aliphatic rings. The molecule has 19 heavy (non-hydrogen) atoms. The number of rotatable bonds is 3. The molecule has 0 saturated heterocycles. The molecule has 0 aliphatic carbocycles. The number of nitrogens with two attached hydrogens (primary N) is 1. The molecule has 1 unspecified atom stereocenters.